The maximum Gasteiger partial charge on any atom is 0.0934 e. The molecule has 0 aliphatic carbocycles. The maximum atomic E-state index is 5.11. The second kappa shape index (κ2) is 13.4. The second-order valence-corrected chi connectivity index (χ2v) is 13.6. The molecule has 0 aliphatic rings. The van der Waals surface area contributed by atoms with Crippen LogP contribution >= 0.6 is 0 Å². The zero-order valence-corrected chi connectivity index (χ0v) is 29.5. The van der Waals surface area contributed by atoms with Gasteiger partial charge < -0.3 is 4.57 Å². The van der Waals surface area contributed by atoms with Gasteiger partial charge in [0.15, 0.2) is 0 Å². The lowest BCUT2D eigenvalue weighted by Gasteiger charge is -2.16. The molecule has 2 aromatic heterocycles. The lowest BCUT2D eigenvalue weighted by molar-refractivity contribution is 0.892. The van der Waals surface area contributed by atoms with Crippen LogP contribution in [0.1, 0.15) is 0 Å². The molecule has 10 rings (SSSR count). The van der Waals surface area contributed by atoms with Crippen LogP contribution in [-0.2, 0) is 0 Å². The fourth-order valence-electron chi connectivity index (χ4n) is 7.86. The van der Waals surface area contributed by atoms with E-state index in [2.05, 4.69) is 216 Å². The Kier molecular flexibility index (Phi) is 7.81. The van der Waals surface area contributed by atoms with Gasteiger partial charge in [0, 0.05) is 27.6 Å². The Morgan fingerprint density at radius 1 is 0.315 bits per heavy atom. The Morgan fingerprint density at radius 2 is 0.833 bits per heavy atom. The summed E-state index contributed by atoms with van der Waals surface area (Å²) >= 11 is 0. The summed E-state index contributed by atoms with van der Waals surface area (Å²) in [5.41, 5.74) is 16.0. The van der Waals surface area contributed by atoms with Gasteiger partial charge in [0.25, 0.3) is 0 Å². The molecule has 2 heterocycles. The van der Waals surface area contributed by atoms with Crippen molar-refractivity contribution in [2.75, 3.05) is 0 Å². The highest BCUT2D eigenvalue weighted by molar-refractivity contribution is 6.11. The van der Waals surface area contributed by atoms with Crippen LogP contribution in [-0.4, -0.2) is 14.3 Å². The predicted octanol–water partition coefficient (Wildman–Crippen LogP) is 13.3. The summed E-state index contributed by atoms with van der Waals surface area (Å²) in [6.45, 7) is 0. The van der Waals surface area contributed by atoms with E-state index in [0.29, 0.717) is 0 Å². The van der Waals surface area contributed by atoms with Crippen molar-refractivity contribution in [3.05, 3.63) is 212 Å². The molecule has 3 heteroatoms. The molecule has 10 aromatic rings. The maximum absolute atomic E-state index is 5.11. The molecule has 0 amide bonds. The van der Waals surface area contributed by atoms with Crippen molar-refractivity contribution in [1.82, 2.24) is 14.3 Å². The summed E-state index contributed by atoms with van der Waals surface area (Å²) in [5.74, 6) is 0. The summed E-state index contributed by atoms with van der Waals surface area (Å²) in [5, 5.41) is 7.61. The molecule has 0 radical (unpaired) electrons. The molecule has 0 aliphatic heterocycles. The van der Waals surface area contributed by atoms with Gasteiger partial charge in [0.1, 0.15) is 0 Å². The van der Waals surface area contributed by atoms with Crippen LogP contribution < -0.4 is 0 Å². The SMILES string of the molecule is c1ccc(-c2cc(-c3ccccc3)n(-c3ccc(-c4ccccc4-c4ccccc4-c4ccc5c(c4)c4ccccc4n5-c4ccccc4)cc3)n2)cc1. The fraction of sp³-hybridized carbons (Fsp3) is 0. The normalized spacial score (nSPS) is 11.3. The predicted molar refractivity (Wildman–Crippen MR) is 225 cm³/mol. The molecule has 0 atom stereocenters. The largest absolute Gasteiger partial charge is 0.309 e. The van der Waals surface area contributed by atoms with Crippen molar-refractivity contribution >= 4 is 21.8 Å². The Bertz CT molecular complexity index is 2900. The van der Waals surface area contributed by atoms with Crippen LogP contribution in [0.4, 0.5) is 0 Å². The van der Waals surface area contributed by atoms with Crippen LogP contribution in [0.2, 0.25) is 0 Å². The molecule has 0 saturated carbocycles. The number of fused-ring (bicyclic) bond motifs is 3. The molecule has 54 heavy (non-hydrogen) atoms. The van der Waals surface area contributed by atoms with E-state index in [1.165, 1.54) is 49.6 Å². The van der Waals surface area contributed by atoms with Gasteiger partial charge in [-0.2, -0.15) is 5.10 Å². The molecule has 3 nitrogen and oxygen atoms in total. The van der Waals surface area contributed by atoms with Crippen molar-refractivity contribution in [3.63, 3.8) is 0 Å². The van der Waals surface area contributed by atoms with Gasteiger partial charge in [-0.25, -0.2) is 4.68 Å². The highest BCUT2D eigenvalue weighted by Gasteiger charge is 2.17. The Morgan fingerprint density at radius 3 is 1.52 bits per heavy atom. The number of rotatable bonds is 7. The quantitative estimate of drug-likeness (QED) is 0.163. The molecular formula is C51H35N3. The van der Waals surface area contributed by atoms with Crippen molar-refractivity contribution < 1.29 is 0 Å². The lowest BCUT2D eigenvalue weighted by Crippen LogP contribution is -1.99. The first-order chi connectivity index (χ1) is 26.8. The molecular weight excluding hydrogens is 655 g/mol. The third-order valence-electron chi connectivity index (χ3n) is 10.4. The van der Waals surface area contributed by atoms with E-state index < -0.39 is 0 Å². The first-order valence-electron chi connectivity index (χ1n) is 18.4. The zero-order valence-electron chi connectivity index (χ0n) is 29.5. The molecule has 0 N–H and O–H groups in total. The van der Waals surface area contributed by atoms with Crippen molar-refractivity contribution in [1.29, 1.82) is 0 Å². The van der Waals surface area contributed by atoms with E-state index >= 15 is 0 Å². The fourth-order valence-corrected chi connectivity index (χ4v) is 7.86. The summed E-state index contributed by atoms with van der Waals surface area (Å²) in [6.07, 6.45) is 0. The Labute approximate surface area is 314 Å². The second-order valence-electron chi connectivity index (χ2n) is 13.6. The Balaban J connectivity index is 1.06. The minimum Gasteiger partial charge on any atom is -0.309 e. The van der Waals surface area contributed by atoms with E-state index in [1.54, 1.807) is 0 Å². The minimum absolute atomic E-state index is 0.947. The molecule has 0 fully saturated rings. The van der Waals surface area contributed by atoms with Gasteiger partial charge in [-0.3, -0.25) is 0 Å². The number of benzene rings is 8. The van der Waals surface area contributed by atoms with Crippen molar-refractivity contribution in [2.24, 2.45) is 0 Å². The van der Waals surface area contributed by atoms with Crippen molar-refractivity contribution in [2.45, 2.75) is 0 Å². The number of hydrogen-bond donors (Lipinski definition) is 0. The van der Waals surface area contributed by atoms with Crippen molar-refractivity contribution in [3.8, 4) is 67.3 Å². The molecule has 0 saturated heterocycles. The number of aromatic nitrogens is 3. The first-order valence-corrected chi connectivity index (χ1v) is 18.4. The van der Waals surface area contributed by atoms with Gasteiger partial charge in [-0.1, -0.05) is 164 Å². The van der Waals surface area contributed by atoms with Crippen LogP contribution in [0.5, 0.6) is 0 Å². The molecule has 8 aromatic carbocycles. The van der Waals surface area contributed by atoms with Crippen LogP contribution in [0.25, 0.3) is 89.1 Å². The summed E-state index contributed by atoms with van der Waals surface area (Å²) in [7, 11) is 0. The molecule has 254 valence electrons. The molecule has 0 spiro atoms. The average molecular weight is 690 g/mol. The van der Waals surface area contributed by atoms with Crippen LogP contribution in [0, 0.1) is 0 Å². The molecule has 0 bridgehead atoms. The number of para-hydroxylation sites is 2. The lowest BCUT2D eigenvalue weighted by atomic mass is 9.89. The number of hydrogen-bond acceptors (Lipinski definition) is 1. The highest BCUT2D eigenvalue weighted by Crippen LogP contribution is 2.41. The van der Waals surface area contributed by atoms with Gasteiger partial charge in [0.05, 0.1) is 28.1 Å². The highest BCUT2D eigenvalue weighted by atomic mass is 15.3. The van der Waals surface area contributed by atoms with Gasteiger partial charge >= 0.3 is 0 Å². The summed E-state index contributed by atoms with van der Waals surface area (Å²) in [4.78, 5) is 0. The van der Waals surface area contributed by atoms with Gasteiger partial charge in [-0.05, 0) is 81.9 Å². The summed E-state index contributed by atoms with van der Waals surface area (Å²) < 4.78 is 4.43. The zero-order chi connectivity index (χ0) is 35.8. The minimum atomic E-state index is 0.947. The monoisotopic (exact) mass is 689 g/mol. The number of nitrogens with zero attached hydrogens (tertiary/aromatic N) is 3. The first kappa shape index (κ1) is 31.5. The standard InChI is InChI=1S/C51H35N3/c1-4-16-37(17-5-1)48-35-51(38-18-6-2-7-19-38)54(52-48)41-31-28-36(29-32-41)42-22-10-12-24-44(42)45-25-13-11-23-43(45)39-30-33-50-47(34-39)46-26-14-15-27-49(46)53(50)40-20-8-3-9-21-40/h1-35H. The van der Waals surface area contributed by atoms with E-state index in [1.807, 2.05) is 6.07 Å². The van der Waals surface area contributed by atoms with E-state index in [0.717, 1.165) is 39.5 Å². The van der Waals surface area contributed by atoms with Gasteiger partial charge in [-0.15, -0.1) is 0 Å². The summed E-state index contributed by atoms with van der Waals surface area (Å²) in [6, 6.07) is 75.7. The Hall–Kier alpha value is -7.23. The average Bonchev–Trinajstić information content (AvgIpc) is 3.85. The van der Waals surface area contributed by atoms with Crippen LogP contribution in [0.15, 0.2) is 212 Å². The smallest absolute Gasteiger partial charge is 0.0934 e. The van der Waals surface area contributed by atoms with E-state index in [-0.39, 0.29) is 0 Å². The topological polar surface area (TPSA) is 22.8 Å². The third kappa shape index (κ3) is 5.51. The van der Waals surface area contributed by atoms with Gasteiger partial charge in [0.2, 0.25) is 0 Å². The third-order valence-corrected chi connectivity index (χ3v) is 10.4. The van der Waals surface area contributed by atoms with E-state index in [4.69, 9.17) is 5.10 Å². The van der Waals surface area contributed by atoms with Crippen LogP contribution in [0.3, 0.4) is 0 Å². The molecule has 0 unspecified atom stereocenters. The van der Waals surface area contributed by atoms with E-state index in [9.17, 15) is 0 Å².